The topological polar surface area (TPSA) is 36.1 Å². The number of rotatable bonds is 2. The van der Waals surface area contributed by atoms with E-state index in [9.17, 15) is 4.79 Å². The second-order valence-corrected chi connectivity index (χ2v) is 7.68. The highest BCUT2D eigenvalue weighted by molar-refractivity contribution is 5.86. The van der Waals surface area contributed by atoms with E-state index in [0.29, 0.717) is 11.8 Å². The molecule has 3 aromatic rings. The lowest BCUT2D eigenvalue weighted by Crippen LogP contribution is -2.40. The number of benzene rings is 2. The quantitative estimate of drug-likeness (QED) is 0.724. The molecule has 1 N–H and O–H groups in total. The highest BCUT2D eigenvalue weighted by atomic mass is 16.2. The molecule has 26 heavy (non-hydrogen) atoms. The Morgan fingerprint density at radius 3 is 2.58 bits per heavy atom. The lowest BCUT2D eigenvalue weighted by Gasteiger charge is -2.33. The summed E-state index contributed by atoms with van der Waals surface area (Å²) < 4.78 is 0. The van der Waals surface area contributed by atoms with Gasteiger partial charge in [0.25, 0.3) is 0 Å². The molecule has 1 aliphatic heterocycles. The van der Waals surface area contributed by atoms with Gasteiger partial charge in [-0.05, 0) is 54.4 Å². The first kappa shape index (κ1) is 15.7. The molecule has 1 atom stereocenters. The SMILES string of the molecule is O=C([C@H]1CCc2ccccc21)N1CCC(c2c[nH]c3ccccc23)CC1. The van der Waals surface area contributed by atoms with Gasteiger partial charge < -0.3 is 9.88 Å². The summed E-state index contributed by atoms with van der Waals surface area (Å²) in [7, 11) is 0. The van der Waals surface area contributed by atoms with Gasteiger partial charge in [-0.25, -0.2) is 0 Å². The van der Waals surface area contributed by atoms with E-state index in [1.807, 2.05) is 0 Å². The maximum atomic E-state index is 13.1. The minimum Gasteiger partial charge on any atom is -0.361 e. The Morgan fingerprint density at radius 2 is 1.69 bits per heavy atom. The molecular weight excluding hydrogens is 320 g/mol. The Hall–Kier alpha value is -2.55. The van der Waals surface area contributed by atoms with Crippen LogP contribution in [0.4, 0.5) is 0 Å². The van der Waals surface area contributed by atoms with E-state index in [4.69, 9.17) is 0 Å². The molecule has 1 aliphatic carbocycles. The predicted molar refractivity (Wildman–Crippen MR) is 104 cm³/mol. The maximum Gasteiger partial charge on any atom is 0.230 e. The molecule has 0 spiro atoms. The lowest BCUT2D eigenvalue weighted by atomic mass is 9.88. The van der Waals surface area contributed by atoms with Gasteiger partial charge in [-0.3, -0.25) is 4.79 Å². The van der Waals surface area contributed by atoms with Gasteiger partial charge in [-0.2, -0.15) is 0 Å². The number of aromatic amines is 1. The van der Waals surface area contributed by atoms with E-state index in [0.717, 1.165) is 38.8 Å². The molecule has 0 bridgehead atoms. The van der Waals surface area contributed by atoms with Gasteiger partial charge in [0.05, 0.1) is 5.92 Å². The molecule has 1 amide bonds. The fourth-order valence-corrected chi connectivity index (χ4v) is 4.88. The lowest BCUT2D eigenvalue weighted by molar-refractivity contribution is -0.133. The van der Waals surface area contributed by atoms with Gasteiger partial charge in [0.15, 0.2) is 0 Å². The molecule has 0 saturated carbocycles. The molecular formula is C23H24N2O. The predicted octanol–water partition coefficient (Wildman–Crippen LogP) is 4.60. The van der Waals surface area contributed by atoms with Crippen LogP contribution in [0.1, 0.15) is 47.8 Å². The van der Waals surface area contributed by atoms with Crippen molar-refractivity contribution in [2.45, 2.75) is 37.5 Å². The number of para-hydroxylation sites is 1. The molecule has 1 saturated heterocycles. The summed E-state index contributed by atoms with van der Waals surface area (Å²) in [6.45, 7) is 1.75. The van der Waals surface area contributed by atoms with E-state index in [1.165, 1.54) is 27.6 Å². The monoisotopic (exact) mass is 344 g/mol. The van der Waals surface area contributed by atoms with Crippen molar-refractivity contribution < 1.29 is 4.79 Å². The van der Waals surface area contributed by atoms with Crippen LogP contribution < -0.4 is 0 Å². The maximum absolute atomic E-state index is 13.1. The summed E-state index contributed by atoms with van der Waals surface area (Å²) in [5, 5.41) is 1.34. The molecule has 0 unspecified atom stereocenters. The van der Waals surface area contributed by atoms with E-state index in [1.54, 1.807) is 0 Å². The van der Waals surface area contributed by atoms with E-state index >= 15 is 0 Å². The molecule has 5 rings (SSSR count). The minimum atomic E-state index is 0.0795. The molecule has 3 heteroatoms. The number of fused-ring (bicyclic) bond motifs is 2. The zero-order valence-electron chi connectivity index (χ0n) is 14.9. The highest BCUT2D eigenvalue weighted by Crippen LogP contribution is 2.37. The number of piperidine rings is 1. The Kier molecular flexibility index (Phi) is 3.81. The van der Waals surface area contributed by atoms with Gasteiger partial charge in [-0.1, -0.05) is 42.5 Å². The summed E-state index contributed by atoms with van der Waals surface area (Å²) in [4.78, 5) is 18.6. The van der Waals surface area contributed by atoms with Crippen molar-refractivity contribution in [2.75, 3.05) is 13.1 Å². The number of hydrogen-bond donors (Lipinski definition) is 1. The number of nitrogens with one attached hydrogen (secondary N) is 1. The third-order valence-electron chi connectivity index (χ3n) is 6.30. The smallest absolute Gasteiger partial charge is 0.230 e. The Bertz CT molecular complexity index is 950. The second kappa shape index (κ2) is 6.31. The molecule has 132 valence electrons. The van der Waals surface area contributed by atoms with Crippen molar-refractivity contribution in [3.05, 3.63) is 71.4 Å². The van der Waals surface area contributed by atoms with Crippen LogP contribution in [0.25, 0.3) is 10.9 Å². The fourth-order valence-electron chi connectivity index (χ4n) is 4.88. The van der Waals surface area contributed by atoms with Crippen LogP contribution in [-0.4, -0.2) is 28.9 Å². The highest BCUT2D eigenvalue weighted by Gasteiger charge is 2.33. The zero-order chi connectivity index (χ0) is 17.5. The number of carbonyl (C=O) groups excluding carboxylic acids is 1. The summed E-state index contributed by atoms with van der Waals surface area (Å²) >= 11 is 0. The van der Waals surface area contributed by atoms with Crippen molar-refractivity contribution >= 4 is 16.8 Å². The number of hydrogen-bond acceptors (Lipinski definition) is 1. The summed E-state index contributed by atoms with van der Waals surface area (Å²) in [5.41, 5.74) is 5.25. The third-order valence-corrected chi connectivity index (χ3v) is 6.30. The van der Waals surface area contributed by atoms with Crippen molar-refractivity contribution in [1.29, 1.82) is 0 Å². The number of aryl methyl sites for hydroxylation is 1. The molecule has 1 fully saturated rings. The van der Waals surface area contributed by atoms with Gasteiger partial charge >= 0.3 is 0 Å². The van der Waals surface area contributed by atoms with Crippen molar-refractivity contribution in [1.82, 2.24) is 9.88 Å². The van der Waals surface area contributed by atoms with Crippen LogP contribution in [0, 0.1) is 0 Å². The molecule has 1 aromatic heterocycles. The van der Waals surface area contributed by atoms with Crippen LogP contribution in [0.3, 0.4) is 0 Å². The van der Waals surface area contributed by atoms with E-state index in [2.05, 4.69) is 64.6 Å². The zero-order valence-corrected chi connectivity index (χ0v) is 14.9. The Labute approximate surface area is 154 Å². The number of H-pyrrole nitrogens is 1. The number of amides is 1. The molecule has 0 radical (unpaired) electrons. The van der Waals surface area contributed by atoms with Crippen LogP contribution >= 0.6 is 0 Å². The van der Waals surface area contributed by atoms with Gasteiger partial charge in [0.1, 0.15) is 0 Å². The fraction of sp³-hybridized carbons (Fsp3) is 0.348. The second-order valence-electron chi connectivity index (χ2n) is 7.68. The Balaban J connectivity index is 1.30. The summed E-state index contributed by atoms with van der Waals surface area (Å²) in [6, 6.07) is 17.0. The van der Waals surface area contributed by atoms with Crippen molar-refractivity contribution in [2.24, 2.45) is 0 Å². The summed E-state index contributed by atoms with van der Waals surface area (Å²) in [6.07, 6.45) is 6.29. The van der Waals surface area contributed by atoms with Crippen LogP contribution in [0.2, 0.25) is 0 Å². The van der Waals surface area contributed by atoms with E-state index in [-0.39, 0.29) is 5.92 Å². The molecule has 2 aromatic carbocycles. The van der Waals surface area contributed by atoms with Gasteiger partial charge in [0, 0.05) is 30.2 Å². The third kappa shape index (κ3) is 2.54. The average molecular weight is 344 g/mol. The molecule has 3 nitrogen and oxygen atoms in total. The molecule has 2 heterocycles. The molecule has 2 aliphatic rings. The minimum absolute atomic E-state index is 0.0795. The number of likely N-dealkylation sites (tertiary alicyclic amines) is 1. The largest absolute Gasteiger partial charge is 0.361 e. The number of nitrogens with zero attached hydrogens (tertiary/aromatic N) is 1. The standard InChI is InChI=1S/C23H24N2O/c26-23(20-10-9-16-5-1-2-6-18(16)20)25-13-11-17(12-14-25)21-15-24-22-8-4-3-7-19(21)22/h1-8,15,17,20,24H,9-14H2/t20-/m0/s1. The number of carbonyl (C=O) groups is 1. The normalized spacial score (nSPS) is 20.5. The van der Waals surface area contributed by atoms with Gasteiger partial charge in [0.2, 0.25) is 5.91 Å². The first-order valence-electron chi connectivity index (χ1n) is 9.74. The first-order chi connectivity index (χ1) is 12.8. The van der Waals surface area contributed by atoms with Crippen LogP contribution in [0.5, 0.6) is 0 Å². The van der Waals surface area contributed by atoms with Crippen molar-refractivity contribution in [3.63, 3.8) is 0 Å². The van der Waals surface area contributed by atoms with Crippen LogP contribution in [0.15, 0.2) is 54.7 Å². The first-order valence-corrected chi connectivity index (χ1v) is 9.74. The average Bonchev–Trinajstić information content (AvgIpc) is 3.32. The van der Waals surface area contributed by atoms with E-state index < -0.39 is 0 Å². The summed E-state index contributed by atoms with van der Waals surface area (Å²) in [5.74, 6) is 0.967. The Morgan fingerprint density at radius 1 is 0.923 bits per heavy atom. The van der Waals surface area contributed by atoms with Crippen molar-refractivity contribution in [3.8, 4) is 0 Å². The van der Waals surface area contributed by atoms with Crippen LogP contribution in [-0.2, 0) is 11.2 Å². The van der Waals surface area contributed by atoms with Gasteiger partial charge in [-0.15, -0.1) is 0 Å². The number of aromatic nitrogens is 1.